The Kier molecular flexibility index (Phi) is 5.44. The van der Waals surface area contributed by atoms with Gasteiger partial charge in [0.2, 0.25) is 11.8 Å². The number of fused-ring (bicyclic) bond motifs is 1. The summed E-state index contributed by atoms with van der Waals surface area (Å²) in [4.78, 5) is 38.1. The third-order valence-electron chi connectivity index (χ3n) is 6.87. The Morgan fingerprint density at radius 3 is 2.66 bits per heavy atom. The van der Waals surface area contributed by atoms with Crippen LogP contribution in [0.3, 0.4) is 0 Å². The van der Waals surface area contributed by atoms with Gasteiger partial charge in [-0.15, -0.1) is 0 Å². The van der Waals surface area contributed by atoms with Gasteiger partial charge >= 0.3 is 0 Å². The second-order valence-electron chi connectivity index (χ2n) is 9.06. The molecule has 1 saturated carbocycles. The number of piperidine rings is 1. The van der Waals surface area contributed by atoms with Gasteiger partial charge in [0.1, 0.15) is 6.04 Å². The van der Waals surface area contributed by atoms with Gasteiger partial charge in [0, 0.05) is 31.1 Å². The van der Waals surface area contributed by atoms with Crippen LogP contribution in [0.15, 0.2) is 18.2 Å². The minimum absolute atomic E-state index is 0.118. The summed E-state index contributed by atoms with van der Waals surface area (Å²) in [6.45, 7) is 4.16. The van der Waals surface area contributed by atoms with Gasteiger partial charge in [0.05, 0.1) is 0 Å². The van der Waals surface area contributed by atoms with Crippen LogP contribution in [0.2, 0.25) is 0 Å². The standard InChI is InChI=1S/C22H30N4O3/c1-22(13-23)8-6-16(7-9-22)24-11-14-2-3-15-12-26(21(29)17(15)10-14)18-4-5-19(27)25-20(18)28/h2-3,10,16,18,24H,4-9,11-13,23H2,1H3,(H,25,27,28). The van der Waals surface area contributed by atoms with Gasteiger partial charge in [-0.3, -0.25) is 19.7 Å². The first-order valence-electron chi connectivity index (χ1n) is 10.6. The largest absolute Gasteiger partial charge is 0.330 e. The highest BCUT2D eigenvalue weighted by atomic mass is 16.2. The summed E-state index contributed by atoms with van der Waals surface area (Å²) >= 11 is 0. The molecule has 4 rings (SSSR count). The molecule has 1 atom stereocenters. The zero-order valence-electron chi connectivity index (χ0n) is 17.0. The van der Waals surface area contributed by atoms with E-state index in [0.717, 1.165) is 49.9 Å². The Morgan fingerprint density at radius 1 is 1.21 bits per heavy atom. The molecule has 7 heteroatoms. The third-order valence-corrected chi connectivity index (χ3v) is 6.87. The van der Waals surface area contributed by atoms with E-state index in [2.05, 4.69) is 23.6 Å². The van der Waals surface area contributed by atoms with Crippen LogP contribution in [0.5, 0.6) is 0 Å². The molecule has 1 aromatic rings. The summed E-state index contributed by atoms with van der Waals surface area (Å²) in [6, 6.07) is 5.91. The first-order chi connectivity index (χ1) is 13.9. The number of nitrogens with one attached hydrogen (secondary N) is 2. The lowest BCUT2D eigenvalue weighted by Crippen LogP contribution is -2.52. The fourth-order valence-electron chi connectivity index (χ4n) is 4.70. The van der Waals surface area contributed by atoms with Gasteiger partial charge in [-0.25, -0.2) is 0 Å². The predicted molar refractivity (Wildman–Crippen MR) is 109 cm³/mol. The van der Waals surface area contributed by atoms with Gasteiger partial charge in [-0.1, -0.05) is 19.1 Å². The smallest absolute Gasteiger partial charge is 0.255 e. The lowest BCUT2D eigenvalue weighted by molar-refractivity contribution is -0.136. The summed E-state index contributed by atoms with van der Waals surface area (Å²) in [6.07, 6.45) is 5.20. The maximum absolute atomic E-state index is 12.9. The summed E-state index contributed by atoms with van der Waals surface area (Å²) < 4.78 is 0. The first kappa shape index (κ1) is 20.0. The molecular weight excluding hydrogens is 368 g/mol. The van der Waals surface area contributed by atoms with Crippen molar-refractivity contribution in [3.05, 3.63) is 34.9 Å². The number of rotatable bonds is 5. The highest BCUT2D eigenvalue weighted by Gasteiger charge is 2.39. The lowest BCUT2D eigenvalue weighted by atomic mass is 9.74. The molecule has 2 heterocycles. The SMILES string of the molecule is CC1(CN)CCC(NCc2ccc3c(c2)C(=O)N(C2CCC(=O)NC2=O)C3)CC1. The zero-order chi connectivity index (χ0) is 20.6. The Bertz CT molecular complexity index is 829. The van der Waals surface area contributed by atoms with E-state index in [9.17, 15) is 14.4 Å². The second kappa shape index (κ2) is 7.88. The van der Waals surface area contributed by atoms with Crippen molar-refractivity contribution in [1.82, 2.24) is 15.5 Å². The Morgan fingerprint density at radius 2 is 1.97 bits per heavy atom. The van der Waals surface area contributed by atoms with Crippen LogP contribution in [0, 0.1) is 5.41 Å². The highest BCUT2D eigenvalue weighted by Crippen LogP contribution is 2.35. The number of nitrogens with zero attached hydrogens (tertiary/aromatic N) is 1. The normalized spacial score (nSPS) is 29.7. The Labute approximate surface area is 171 Å². The lowest BCUT2D eigenvalue weighted by Gasteiger charge is -2.36. The number of carbonyl (C=O) groups excluding carboxylic acids is 3. The molecule has 3 aliphatic rings. The van der Waals surface area contributed by atoms with Crippen LogP contribution in [0.25, 0.3) is 0 Å². The Hall–Kier alpha value is -2.25. The summed E-state index contributed by atoms with van der Waals surface area (Å²) in [5, 5.41) is 5.97. The molecular formula is C22H30N4O3. The number of hydrogen-bond donors (Lipinski definition) is 3. The van der Waals surface area contributed by atoms with Crippen LogP contribution < -0.4 is 16.4 Å². The summed E-state index contributed by atoms with van der Waals surface area (Å²) in [7, 11) is 0. The molecule has 4 N–H and O–H groups in total. The maximum Gasteiger partial charge on any atom is 0.255 e. The van der Waals surface area contributed by atoms with E-state index in [1.807, 2.05) is 12.1 Å². The Balaban J connectivity index is 1.37. The van der Waals surface area contributed by atoms with Crippen LogP contribution in [-0.4, -0.2) is 41.2 Å². The summed E-state index contributed by atoms with van der Waals surface area (Å²) in [5.74, 6) is -0.753. The number of hydrogen-bond acceptors (Lipinski definition) is 5. The van der Waals surface area contributed by atoms with Crippen molar-refractivity contribution in [2.75, 3.05) is 6.54 Å². The molecule has 1 unspecified atom stereocenters. The quantitative estimate of drug-likeness (QED) is 0.651. The van der Waals surface area contributed by atoms with E-state index >= 15 is 0 Å². The second-order valence-corrected chi connectivity index (χ2v) is 9.06. The average Bonchev–Trinajstić information content (AvgIpc) is 3.04. The van der Waals surface area contributed by atoms with Crippen LogP contribution >= 0.6 is 0 Å². The molecule has 2 aliphatic heterocycles. The van der Waals surface area contributed by atoms with Gasteiger partial charge in [0.25, 0.3) is 5.91 Å². The molecule has 0 radical (unpaired) electrons. The highest BCUT2D eigenvalue weighted by molar-refractivity contribution is 6.05. The molecule has 156 valence electrons. The molecule has 0 aromatic heterocycles. The van der Waals surface area contributed by atoms with Crippen molar-refractivity contribution in [2.24, 2.45) is 11.1 Å². The number of imide groups is 1. The van der Waals surface area contributed by atoms with Gasteiger partial charge < -0.3 is 16.0 Å². The monoisotopic (exact) mass is 398 g/mol. The van der Waals surface area contributed by atoms with E-state index < -0.39 is 6.04 Å². The van der Waals surface area contributed by atoms with E-state index in [0.29, 0.717) is 24.6 Å². The molecule has 1 aliphatic carbocycles. The van der Waals surface area contributed by atoms with E-state index in [1.54, 1.807) is 4.90 Å². The van der Waals surface area contributed by atoms with Crippen LogP contribution in [-0.2, 0) is 22.7 Å². The van der Waals surface area contributed by atoms with Crippen molar-refractivity contribution in [3.63, 3.8) is 0 Å². The third kappa shape index (κ3) is 4.07. The van der Waals surface area contributed by atoms with Crippen molar-refractivity contribution < 1.29 is 14.4 Å². The minimum Gasteiger partial charge on any atom is -0.330 e. The topological polar surface area (TPSA) is 105 Å². The van der Waals surface area contributed by atoms with Crippen molar-refractivity contribution in [3.8, 4) is 0 Å². The number of carbonyl (C=O) groups is 3. The van der Waals surface area contributed by atoms with Gasteiger partial charge in [-0.2, -0.15) is 0 Å². The number of amides is 3. The molecule has 7 nitrogen and oxygen atoms in total. The number of nitrogens with two attached hydrogens (primary N) is 1. The number of benzene rings is 1. The van der Waals surface area contributed by atoms with Crippen molar-refractivity contribution >= 4 is 17.7 Å². The van der Waals surface area contributed by atoms with Crippen molar-refractivity contribution in [2.45, 2.75) is 70.6 Å². The fraction of sp³-hybridized carbons (Fsp3) is 0.591. The molecule has 1 saturated heterocycles. The molecule has 0 spiro atoms. The van der Waals surface area contributed by atoms with E-state index in [1.165, 1.54) is 0 Å². The fourth-order valence-corrected chi connectivity index (χ4v) is 4.70. The van der Waals surface area contributed by atoms with Crippen LogP contribution in [0.4, 0.5) is 0 Å². The maximum atomic E-state index is 12.9. The first-order valence-corrected chi connectivity index (χ1v) is 10.6. The van der Waals surface area contributed by atoms with Crippen LogP contribution in [0.1, 0.15) is 66.9 Å². The van der Waals surface area contributed by atoms with Gasteiger partial charge in [0.15, 0.2) is 0 Å². The zero-order valence-corrected chi connectivity index (χ0v) is 17.0. The predicted octanol–water partition coefficient (Wildman–Crippen LogP) is 1.44. The molecule has 3 amide bonds. The van der Waals surface area contributed by atoms with Gasteiger partial charge in [-0.05, 0) is 61.3 Å². The molecule has 2 fully saturated rings. The molecule has 29 heavy (non-hydrogen) atoms. The summed E-state index contributed by atoms with van der Waals surface area (Å²) in [5.41, 5.74) is 8.87. The van der Waals surface area contributed by atoms with Crippen molar-refractivity contribution in [1.29, 1.82) is 0 Å². The molecule has 0 bridgehead atoms. The van der Waals surface area contributed by atoms with E-state index in [-0.39, 0.29) is 29.6 Å². The van der Waals surface area contributed by atoms with E-state index in [4.69, 9.17) is 5.73 Å². The minimum atomic E-state index is -0.562. The average molecular weight is 399 g/mol. The molecule has 1 aromatic carbocycles.